The number of hydrogen-bond acceptors (Lipinski definition) is 3. The molecule has 1 atom stereocenters. The number of para-hydroxylation sites is 1. The van der Waals surface area contributed by atoms with E-state index in [1.807, 2.05) is 6.92 Å². The standard InChI is InChI=1S/C23H27F2N3O3/c1-2-19(31-21-7-4-3-6-20(21)25)16-26-23(30)28-13-5-12-27(14-15-28)22(29)17-8-10-18(24)11-9-17/h3-4,6-11,19H,2,5,12-16H2,1H3,(H,26,30). The second kappa shape index (κ2) is 10.7. The van der Waals surface area contributed by atoms with Crippen LogP contribution in [0.5, 0.6) is 5.75 Å². The molecule has 3 amide bonds. The molecule has 1 aliphatic rings. The van der Waals surface area contributed by atoms with E-state index in [0.717, 1.165) is 0 Å². The number of halogens is 2. The van der Waals surface area contributed by atoms with E-state index in [2.05, 4.69) is 5.32 Å². The van der Waals surface area contributed by atoms with Crippen LogP contribution >= 0.6 is 0 Å². The molecule has 1 fully saturated rings. The number of rotatable bonds is 6. The molecule has 2 aromatic carbocycles. The molecule has 2 aromatic rings. The van der Waals surface area contributed by atoms with Crippen LogP contribution in [0.25, 0.3) is 0 Å². The Hall–Kier alpha value is -3.16. The Morgan fingerprint density at radius 2 is 1.68 bits per heavy atom. The first-order valence-electron chi connectivity index (χ1n) is 10.5. The lowest BCUT2D eigenvalue weighted by Gasteiger charge is -2.24. The topological polar surface area (TPSA) is 61.9 Å². The molecular weight excluding hydrogens is 404 g/mol. The van der Waals surface area contributed by atoms with Gasteiger partial charge in [0.2, 0.25) is 0 Å². The molecule has 0 aliphatic carbocycles. The Morgan fingerprint density at radius 3 is 2.39 bits per heavy atom. The molecule has 0 spiro atoms. The van der Waals surface area contributed by atoms with Crippen LogP contribution in [0.4, 0.5) is 13.6 Å². The molecule has 0 aromatic heterocycles. The zero-order valence-electron chi connectivity index (χ0n) is 17.5. The van der Waals surface area contributed by atoms with Gasteiger partial charge in [-0.2, -0.15) is 0 Å². The van der Waals surface area contributed by atoms with Gasteiger partial charge in [-0.05, 0) is 49.2 Å². The van der Waals surface area contributed by atoms with Crippen LogP contribution in [0.15, 0.2) is 48.5 Å². The van der Waals surface area contributed by atoms with Gasteiger partial charge in [-0.25, -0.2) is 13.6 Å². The van der Waals surface area contributed by atoms with Crippen LogP contribution in [0.2, 0.25) is 0 Å². The summed E-state index contributed by atoms with van der Waals surface area (Å²) < 4.78 is 32.6. The molecule has 1 saturated heterocycles. The van der Waals surface area contributed by atoms with Gasteiger partial charge in [-0.1, -0.05) is 19.1 Å². The predicted octanol–water partition coefficient (Wildman–Crippen LogP) is 3.68. The minimum Gasteiger partial charge on any atom is -0.486 e. The summed E-state index contributed by atoms with van der Waals surface area (Å²) in [7, 11) is 0. The highest BCUT2D eigenvalue weighted by Crippen LogP contribution is 2.18. The molecule has 0 saturated carbocycles. The van der Waals surface area contributed by atoms with Crippen molar-refractivity contribution in [2.75, 3.05) is 32.7 Å². The fourth-order valence-corrected chi connectivity index (χ4v) is 3.40. The summed E-state index contributed by atoms with van der Waals surface area (Å²) in [6.07, 6.45) is 0.891. The molecule has 1 aliphatic heterocycles. The van der Waals surface area contributed by atoms with Gasteiger partial charge in [-0.15, -0.1) is 0 Å². The van der Waals surface area contributed by atoms with Crippen molar-refractivity contribution in [1.82, 2.24) is 15.1 Å². The number of ether oxygens (including phenoxy) is 1. The highest BCUT2D eigenvalue weighted by molar-refractivity contribution is 5.94. The van der Waals surface area contributed by atoms with Crippen LogP contribution in [0.3, 0.4) is 0 Å². The Bertz CT molecular complexity index is 892. The predicted molar refractivity (Wildman–Crippen MR) is 113 cm³/mol. The lowest BCUT2D eigenvalue weighted by molar-refractivity contribution is 0.0762. The Morgan fingerprint density at radius 1 is 1.00 bits per heavy atom. The van der Waals surface area contributed by atoms with Crippen LogP contribution in [-0.4, -0.2) is 60.6 Å². The van der Waals surface area contributed by atoms with Crippen molar-refractivity contribution in [2.24, 2.45) is 0 Å². The smallest absolute Gasteiger partial charge is 0.317 e. The average molecular weight is 431 g/mol. The number of nitrogens with zero attached hydrogens (tertiary/aromatic N) is 2. The summed E-state index contributed by atoms with van der Waals surface area (Å²) in [4.78, 5) is 28.6. The highest BCUT2D eigenvalue weighted by atomic mass is 19.1. The van der Waals surface area contributed by atoms with Crippen molar-refractivity contribution < 1.29 is 23.1 Å². The van der Waals surface area contributed by atoms with Gasteiger partial charge in [-0.3, -0.25) is 4.79 Å². The fourth-order valence-electron chi connectivity index (χ4n) is 3.40. The lowest BCUT2D eigenvalue weighted by atomic mass is 10.2. The highest BCUT2D eigenvalue weighted by Gasteiger charge is 2.23. The normalized spacial score (nSPS) is 15.2. The van der Waals surface area contributed by atoms with Gasteiger partial charge in [0.1, 0.15) is 11.9 Å². The van der Waals surface area contributed by atoms with Crippen molar-refractivity contribution in [3.8, 4) is 5.75 Å². The van der Waals surface area contributed by atoms with Gasteiger partial charge >= 0.3 is 6.03 Å². The van der Waals surface area contributed by atoms with Crippen LogP contribution in [0, 0.1) is 11.6 Å². The van der Waals surface area contributed by atoms with E-state index in [1.54, 1.807) is 28.0 Å². The molecule has 0 radical (unpaired) electrons. The van der Waals surface area contributed by atoms with Crippen molar-refractivity contribution in [2.45, 2.75) is 25.9 Å². The number of hydrogen-bond donors (Lipinski definition) is 1. The van der Waals surface area contributed by atoms with E-state index in [4.69, 9.17) is 4.74 Å². The monoisotopic (exact) mass is 431 g/mol. The maximum atomic E-state index is 13.8. The Kier molecular flexibility index (Phi) is 7.81. The summed E-state index contributed by atoms with van der Waals surface area (Å²) in [5.41, 5.74) is 0.426. The van der Waals surface area contributed by atoms with Gasteiger partial charge in [0.25, 0.3) is 5.91 Å². The second-order valence-electron chi connectivity index (χ2n) is 7.40. The minimum absolute atomic E-state index is 0.160. The lowest BCUT2D eigenvalue weighted by Crippen LogP contribution is -2.45. The van der Waals surface area contributed by atoms with E-state index >= 15 is 0 Å². The van der Waals surface area contributed by atoms with E-state index in [-0.39, 0.29) is 36.2 Å². The molecule has 166 valence electrons. The van der Waals surface area contributed by atoms with Crippen LogP contribution in [0.1, 0.15) is 30.1 Å². The zero-order valence-corrected chi connectivity index (χ0v) is 17.5. The van der Waals surface area contributed by atoms with Gasteiger partial charge in [0.15, 0.2) is 11.6 Å². The van der Waals surface area contributed by atoms with Gasteiger partial charge < -0.3 is 19.9 Å². The number of amides is 3. The molecule has 1 heterocycles. The van der Waals surface area contributed by atoms with Crippen LogP contribution < -0.4 is 10.1 Å². The summed E-state index contributed by atoms with van der Waals surface area (Å²) in [5.74, 6) is -0.842. The van der Waals surface area contributed by atoms with Gasteiger partial charge in [0, 0.05) is 31.7 Å². The molecule has 31 heavy (non-hydrogen) atoms. The van der Waals surface area contributed by atoms with E-state index in [9.17, 15) is 18.4 Å². The number of carbonyl (C=O) groups excluding carboxylic acids is 2. The molecule has 8 heteroatoms. The first kappa shape index (κ1) is 22.5. The summed E-state index contributed by atoms with van der Waals surface area (Å²) in [5, 5.41) is 2.85. The molecule has 6 nitrogen and oxygen atoms in total. The number of nitrogens with one attached hydrogen (secondary N) is 1. The zero-order chi connectivity index (χ0) is 22.2. The van der Waals surface area contributed by atoms with E-state index in [0.29, 0.717) is 44.6 Å². The summed E-state index contributed by atoms with van der Waals surface area (Å²) in [6.45, 7) is 3.98. The maximum absolute atomic E-state index is 13.8. The molecule has 1 N–H and O–H groups in total. The first-order valence-corrected chi connectivity index (χ1v) is 10.5. The summed E-state index contributed by atoms with van der Waals surface area (Å²) >= 11 is 0. The van der Waals surface area contributed by atoms with Crippen molar-refractivity contribution in [1.29, 1.82) is 0 Å². The van der Waals surface area contributed by atoms with Crippen molar-refractivity contribution >= 4 is 11.9 Å². The second-order valence-corrected chi connectivity index (χ2v) is 7.40. The third-order valence-corrected chi connectivity index (χ3v) is 5.23. The third-order valence-electron chi connectivity index (χ3n) is 5.23. The van der Waals surface area contributed by atoms with Crippen molar-refractivity contribution in [3.63, 3.8) is 0 Å². The quantitative estimate of drug-likeness (QED) is 0.759. The van der Waals surface area contributed by atoms with E-state index in [1.165, 1.54) is 30.3 Å². The molecule has 0 bridgehead atoms. The van der Waals surface area contributed by atoms with Crippen LogP contribution in [-0.2, 0) is 0 Å². The maximum Gasteiger partial charge on any atom is 0.317 e. The third kappa shape index (κ3) is 6.16. The SMILES string of the molecule is CCC(CNC(=O)N1CCCN(C(=O)c2ccc(F)cc2)CC1)Oc1ccccc1F. The van der Waals surface area contributed by atoms with Gasteiger partial charge in [0.05, 0.1) is 6.54 Å². The fraction of sp³-hybridized carbons (Fsp3) is 0.391. The average Bonchev–Trinajstić information content (AvgIpc) is 3.04. The number of carbonyl (C=O) groups is 2. The number of benzene rings is 2. The molecular formula is C23H27F2N3O3. The van der Waals surface area contributed by atoms with E-state index < -0.39 is 5.82 Å². The minimum atomic E-state index is -0.439. The molecule has 1 unspecified atom stereocenters. The first-order chi connectivity index (χ1) is 15.0. The Balaban J connectivity index is 1.50. The summed E-state index contributed by atoms with van der Waals surface area (Å²) in [6, 6.07) is 11.4. The largest absolute Gasteiger partial charge is 0.486 e. The molecule has 3 rings (SSSR count). The van der Waals surface area contributed by atoms with Crippen molar-refractivity contribution in [3.05, 3.63) is 65.7 Å². The Labute approximate surface area is 180 Å². The number of urea groups is 1.